The molecule has 2 N–H and O–H groups in total. The van der Waals surface area contributed by atoms with E-state index in [4.69, 9.17) is 9.84 Å². The number of carboxylic acid groups (broad SMARTS) is 1. The molecule has 1 aliphatic rings. The minimum atomic E-state index is -1.06. The number of rotatable bonds is 4. The Morgan fingerprint density at radius 3 is 2.94 bits per heavy atom. The van der Waals surface area contributed by atoms with Crippen molar-refractivity contribution in [3.8, 4) is 0 Å². The standard InChI is InChI=1S/C11H13NO4S/c13-10(7-3-1-5-16-7)12-9(11(14)15)8-4-2-6-17-8/h2,4,6-7,9H,1,3,5H2,(H,12,13)(H,14,15). The smallest absolute Gasteiger partial charge is 0.331 e. The van der Waals surface area contributed by atoms with Crippen molar-refractivity contribution < 1.29 is 19.4 Å². The number of aliphatic carboxylic acids is 1. The lowest BCUT2D eigenvalue weighted by Crippen LogP contribution is -2.39. The monoisotopic (exact) mass is 255 g/mol. The Labute approximate surface area is 102 Å². The van der Waals surface area contributed by atoms with Crippen molar-refractivity contribution in [3.63, 3.8) is 0 Å². The van der Waals surface area contributed by atoms with Gasteiger partial charge in [0.05, 0.1) is 0 Å². The van der Waals surface area contributed by atoms with E-state index < -0.39 is 18.1 Å². The fourth-order valence-corrected chi connectivity index (χ4v) is 2.50. The van der Waals surface area contributed by atoms with Gasteiger partial charge in [-0.25, -0.2) is 4.79 Å². The topological polar surface area (TPSA) is 75.6 Å². The summed E-state index contributed by atoms with van der Waals surface area (Å²) in [5.41, 5.74) is 0. The molecule has 0 aromatic carbocycles. The lowest BCUT2D eigenvalue weighted by atomic mass is 10.2. The Kier molecular flexibility index (Phi) is 3.75. The molecule has 2 rings (SSSR count). The molecule has 0 radical (unpaired) electrons. The lowest BCUT2D eigenvalue weighted by Gasteiger charge is -2.15. The quantitative estimate of drug-likeness (QED) is 0.846. The lowest BCUT2D eigenvalue weighted by molar-refractivity contribution is -0.143. The highest BCUT2D eigenvalue weighted by Gasteiger charge is 2.29. The predicted octanol–water partition coefficient (Wildman–Crippen LogP) is 1.17. The van der Waals surface area contributed by atoms with Crippen molar-refractivity contribution in [2.75, 3.05) is 6.61 Å². The molecule has 2 atom stereocenters. The molecule has 1 saturated heterocycles. The summed E-state index contributed by atoms with van der Waals surface area (Å²) in [4.78, 5) is 23.5. The molecule has 17 heavy (non-hydrogen) atoms. The zero-order chi connectivity index (χ0) is 12.3. The second-order valence-corrected chi connectivity index (χ2v) is 4.78. The molecule has 92 valence electrons. The Morgan fingerprint density at radius 1 is 1.59 bits per heavy atom. The van der Waals surface area contributed by atoms with E-state index in [1.807, 2.05) is 0 Å². The van der Waals surface area contributed by atoms with Gasteiger partial charge in [0, 0.05) is 11.5 Å². The third kappa shape index (κ3) is 2.83. The molecule has 6 heteroatoms. The SMILES string of the molecule is O=C(NC(C(=O)O)c1cccs1)C1CCCO1. The molecule has 1 amide bonds. The highest BCUT2D eigenvalue weighted by Crippen LogP contribution is 2.20. The second kappa shape index (κ2) is 5.29. The van der Waals surface area contributed by atoms with Crippen LogP contribution in [0.4, 0.5) is 0 Å². The van der Waals surface area contributed by atoms with Crippen LogP contribution in [0.25, 0.3) is 0 Å². The minimum Gasteiger partial charge on any atom is -0.479 e. The molecule has 1 fully saturated rings. The van der Waals surface area contributed by atoms with E-state index in [0.29, 0.717) is 17.9 Å². The van der Waals surface area contributed by atoms with Gasteiger partial charge in [-0.05, 0) is 24.3 Å². The summed E-state index contributed by atoms with van der Waals surface area (Å²) in [6.07, 6.45) is 0.995. The Morgan fingerprint density at radius 2 is 2.41 bits per heavy atom. The summed E-state index contributed by atoms with van der Waals surface area (Å²) in [5, 5.41) is 13.4. The van der Waals surface area contributed by atoms with Gasteiger partial charge in [-0.1, -0.05) is 6.07 Å². The van der Waals surface area contributed by atoms with Gasteiger partial charge in [-0.2, -0.15) is 0 Å². The van der Waals surface area contributed by atoms with Crippen molar-refractivity contribution in [2.24, 2.45) is 0 Å². The van der Waals surface area contributed by atoms with Crippen LogP contribution in [0, 0.1) is 0 Å². The Hall–Kier alpha value is -1.40. The molecule has 1 aromatic rings. The summed E-state index contributed by atoms with van der Waals surface area (Å²) in [5.74, 6) is -1.40. The molecule has 2 unspecified atom stereocenters. The molecule has 0 aliphatic carbocycles. The van der Waals surface area contributed by atoms with Gasteiger partial charge in [0.15, 0.2) is 6.04 Å². The Bertz CT molecular complexity index is 398. The van der Waals surface area contributed by atoms with E-state index in [0.717, 1.165) is 6.42 Å². The van der Waals surface area contributed by atoms with Crippen LogP contribution in [-0.2, 0) is 14.3 Å². The summed E-state index contributed by atoms with van der Waals surface area (Å²) in [6.45, 7) is 0.564. The van der Waals surface area contributed by atoms with E-state index in [2.05, 4.69) is 5.32 Å². The zero-order valence-corrected chi connectivity index (χ0v) is 9.90. The van der Waals surface area contributed by atoms with Crippen molar-refractivity contribution in [3.05, 3.63) is 22.4 Å². The van der Waals surface area contributed by atoms with Crippen LogP contribution < -0.4 is 5.32 Å². The number of ether oxygens (including phenoxy) is 1. The van der Waals surface area contributed by atoms with E-state index in [1.165, 1.54) is 11.3 Å². The highest BCUT2D eigenvalue weighted by molar-refractivity contribution is 7.10. The van der Waals surface area contributed by atoms with Crippen LogP contribution in [0.3, 0.4) is 0 Å². The van der Waals surface area contributed by atoms with E-state index in [9.17, 15) is 9.59 Å². The van der Waals surface area contributed by atoms with Gasteiger partial charge in [-0.3, -0.25) is 4.79 Å². The molecule has 0 spiro atoms. The first-order valence-electron chi connectivity index (χ1n) is 5.36. The third-order valence-electron chi connectivity index (χ3n) is 2.58. The number of thiophene rings is 1. The van der Waals surface area contributed by atoms with Crippen molar-refractivity contribution >= 4 is 23.2 Å². The normalized spacial score (nSPS) is 21.1. The molecular weight excluding hydrogens is 242 g/mol. The number of carbonyl (C=O) groups excluding carboxylic acids is 1. The minimum absolute atomic E-state index is 0.344. The zero-order valence-electron chi connectivity index (χ0n) is 9.09. The number of hydrogen-bond acceptors (Lipinski definition) is 4. The molecule has 2 heterocycles. The van der Waals surface area contributed by atoms with Crippen molar-refractivity contribution in [1.29, 1.82) is 0 Å². The average molecular weight is 255 g/mol. The van der Waals surface area contributed by atoms with Crippen LogP contribution in [0.2, 0.25) is 0 Å². The number of carbonyl (C=O) groups is 2. The molecule has 1 aliphatic heterocycles. The van der Waals surface area contributed by atoms with Crippen molar-refractivity contribution in [1.82, 2.24) is 5.32 Å². The molecule has 0 bridgehead atoms. The first-order valence-corrected chi connectivity index (χ1v) is 6.24. The first kappa shape index (κ1) is 12.1. The fourth-order valence-electron chi connectivity index (χ4n) is 1.73. The average Bonchev–Trinajstić information content (AvgIpc) is 2.97. The maximum absolute atomic E-state index is 11.8. The van der Waals surface area contributed by atoms with Gasteiger partial charge in [0.1, 0.15) is 6.10 Å². The molecule has 5 nitrogen and oxygen atoms in total. The maximum Gasteiger partial charge on any atom is 0.331 e. The number of nitrogens with one attached hydrogen (secondary N) is 1. The summed E-state index contributed by atoms with van der Waals surface area (Å²) in [7, 11) is 0. The summed E-state index contributed by atoms with van der Waals surface area (Å²) >= 11 is 1.31. The third-order valence-corrected chi connectivity index (χ3v) is 3.52. The molecular formula is C11H13NO4S. The van der Waals surface area contributed by atoms with Gasteiger partial charge < -0.3 is 15.2 Å². The largest absolute Gasteiger partial charge is 0.479 e. The maximum atomic E-state index is 11.8. The first-order chi connectivity index (χ1) is 8.18. The van der Waals surface area contributed by atoms with E-state index in [-0.39, 0.29) is 5.91 Å². The summed E-state index contributed by atoms with van der Waals surface area (Å²) < 4.78 is 5.21. The van der Waals surface area contributed by atoms with Crippen LogP contribution >= 0.6 is 11.3 Å². The van der Waals surface area contributed by atoms with Gasteiger partial charge in [0.25, 0.3) is 0 Å². The Balaban J connectivity index is 2.03. The number of amides is 1. The fraction of sp³-hybridized carbons (Fsp3) is 0.455. The van der Waals surface area contributed by atoms with E-state index >= 15 is 0 Å². The van der Waals surface area contributed by atoms with Crippen LogP contribution in [0.1, 0.15) is 23.8 Å². The van der Waals surface area contributed by atoms with E-state index in [1.54, 1.807) is 17.5 Å². The van der Waals surface area contributed by atoms with Crippen LogP contribution in [0.5, 0.6) is 0 Å². The van der Waals surface area contributed by atoms with Crippen LogP contribution in [0.15, 0.2) is 17.5 Å². The highest BCUT2D eigenvalue weighted by atomic mass is 32.1. The second-order valence-electron chi connectivity index (χ2n) is 3.80. The molecule has 0 saturated carbocycles. The van der Waals surface area contributed by atoms with Gasteiger partial charge in [0.2, 0.25) is 5.91 Å². The van der Waals surface area contributed by atoms with Crippen molar-refractivity contribution in [2.45, 2.75) is 25.0 Å². The van der Waals surface area contributed by atoms with Crippen LogP contribution in [-0.4, -0.2) is 29.7 Å². The molecule has 1 aromatic heterocycles. The van der Waals surface area contributed by atoms with Gasteiger partial charge >= 0.3 is 5.97 Å². The predicted molar refractivity (Wildman–Crippen MR) is 61.8 cm³/mol. The number of carboxylic acids is 1. The summed E-state index contributed by atoms with van der Waals surface area (Å²) in [6, 6.07) is 2.47. The van der Waals surface area contributed by atoms with Gasteiger partial charge in [-0.15, -0.1) is 11.3 Å². The number of hydrogen-bond donors (Lipinski definition) is 2.